The van der Waals surface area contributed by atoms with Gasteiger partial charge >= 0.3 is 0 Å². The predicted molar refractivity (Wildman–Crippen MR) is 217 cm³/mol. The van der Waals surface area contributed by atoms with Crippen LogP contribution in [0.25, 0.3) is 22.0 Å². The maximum atomic E-state index is 15.3. The van der Waals surface area contributed by atoms with Crippen LogP contribution in [0.15, 0.2) is 42.5 Å². The number of carbonyl (C=O) groups excluding carboxylic acids is 1. The summed E-state index contributed by atoms with van der Waals surface area (Å²) < 4.78 is 170. The number of pyridine rings is 1. The molecule has 0 aliphatic heterocycles. The molecule has 10 nitrogen and oxygen atoms in total. The summed E-state index contributed by atoms with van der Waals surface area (Å²) in [6, 6.07) is 8.47. The number of aromatic nitrogens is 5. The van der Waals surface area contributed by atoms with Gasteiger partial charge in [0.1, 0.15) is 40.0 Å². The number of rotatable bonds is 13. The van der Waals surface area contributed by atoms with Crippen LogP contribution in [-0.2, 0) is 62.1 Å². The van der Waals surface area contributed by atoms with E-state index in [-0.39, 0.29) is 48.8 Å². The summed E-state index contributed by atoms with van der Waals surface area (Å²) >= 11 is 6.63. The number of ketones is 1. The Balaban J connectivity index is 1.42. The highest BCUT2D eigenvalue weighted by molar-refractivity contribution is 7.93. The Hall–Kier alpha value is -4.87. The first kappa shape index (κ1) is 46.1. The lowest BCUT2D eigenvalue weighted by atomic mass is 9.86. The van der Waals surface area contributed by atoms with Crippen LogP contribution in [0.3, 0.4) is 0 Å². The van der Waals surface area contributed by atoms with Crippen molar-refractivity contribution in [2.24, 2.45) is 7.05 Å². The average Bonchev–Trinajstić information content (AvgIpc) is 3.88. The van der Waals surface area contributed by atoms with Crippen LogP contribution in [0.1, 0.15) is 97.9 Å². The molecule has 0 N–H and O–H groups in total. The number of hydrogen-bond acceptors (Lipinski definition) is 8. The molecule has 3 heterocycles. The van der Waals surface area contributed by atoms with Gasteiger partial charge in [0.05, 0.1) is 38.5 Å². The first-order valence-corrected chi connectivity index (χ1v) is 23.4. The molecule has 2 aromatic carbocycles. The lowest BCUT2D eigenvalue weighted by Gasteiger charge is -2.29. The Morgan fingerprint density at radius 3 is 2.19 bits per heavy atom. The number of aryl methyl sites for hydroxylation is 1. The summed E-state index contributed by atoms with van der Waals surface area (Å²) in [6.45, 7) is 1.66. The lowest BCUT2D eigenvalue weighted by Crippen LogP contribution is -2.33. The number of alkyl halides is 6. The van der Waals surface area contributed by atoms with Crippen molar-refractivity contribution < 1.29 is 56.8 Å². The number of fused-ring (bicyclic) bond motifs is 2. The molecule has 1 atom stereocenters. The standard InChI is InChI=1S/C42H38ClF8N5O5S2/c1-40(2,63(60,61)28-6-7-28)12-11-26-5-8-29(30-9-10-31(43)33-32(21-62(4,58)59)53-55(3)37(30)33)35(52-26)23(15-22-16-24(44)19-25(45)17-22)18-27(57)20-56-38-34(36(54-56)39(46)47)41(48,49)13-14-42(38,50)51/h5,8-10,16-17,19,23,28,39H,6-7,13-15,18,20-21H2,1-4H3/t23-/m1/s1. The molecule has 0 spiro atoms. The molecule has 63 heavy (non-hydrogen) atoms. The van der Waals surface area contributed by atoms with Gasteiger partial charge in [-0.15, -0.1) is 0 Å². The van der Waals surface area contributed by atoms with E-state index in [9.17, 15) is 39.2 Å². The zero-order valence-corrected chi connectivity index (χ0v) is 36.3. The van der Waals surface area contributed by atoms with E-state index in [1.807, 2.05) is 0 Å². The summed E-state index contributed by atoms with van der Waals surface area (Å²) in [7, 11) is -5.86. The van der Waals surface area contributed by atoms with Crippen LogP contribution < -0.4 is 0 Å². The topological polar surface area (TPSA) is 134 Å². The monoisotopic (exact) mass is 943 g/mol. The highest BCUT2D eigenvalue weighted by atomic mass is 35.5. The molecular formula is C42H38ClF8N5O5S2. The van der Waals surface area contributed by atoms with E-state index in [0.29, 0.717) is 24.5 Å². The summed E-state index contributed by atoms with van der Waals surface area (Å²) in [4.78, 5) is 18.9. The van der Waals surface area contributed by atoms with Crippen molar-refractivity contribution in [2.75, 3.05) is 6.26 Å². The van der Waals surface area contributed by atoms with Crippen molar-refractivity contribution in [1.29, 1.82) is 0 Å². The molecule has 0 bridgehead atoms. The molecule has 7 rings (SSSR count). The molecule has 2 aliphatic rings. The number of nitrogens with zero attached hydrogens (tertiary/aromatic N) is 5. The van der Waals surface area contributed by atoms with E-state index in [0.717, 1.165) is 18.4 Å². The number of carbonyl (C=O) groups is 1. The smallest absolute Gasteiger partial charge is 0.290 e. The normalized spacial score (nSPS) is 16.8. The molecule has 5 aromatic rings. The van der Waals surface area contributed by atoms with Crippen LogP contribution in [0, 0.1) is 23.5 Å². The third-order valence-electron chi connectivity index (χ3n) is 11.0. The first-order valence-electron chi connectivity index (χ1n) is 19.4. The Kier molecular flexibility index (Phi) is 11.9. The van der Waals surface area contributed by atoms with Crippen LogP contribution in [-0.4, -0.2) is 63.4 Å². The van der Waals surface area contributed by atoms with E-state index in [1.54, 1.807) is 6.07 Å². The largest absolute Gasteiger partial charge is 0.298 e. The number of halogens is 9. The van der Waals surface area contributed by atoms with Crippen LogP contribution in [0.5, 0.6) is 0 Å². The molecule has 2 aliphatic carbocycles. The van der Waals surface area contributed by atoms with E-state index in [2.05, 4.69) is 22.0 Å². The van der Waals surface area contributed by atoms with Crippen molar-refractivity contribution in [3.05, 3.63) is 98.7 Å². The predicted octanol–water partition coefficient (Wildman–Crippen LogP) is 8.92. The second-order valence-electron chi connectivity index (χ2n) is 16.5. The molecule has 336 valence electrons. The van der Waals surface area contributed by atoms with Gasteiger partial charge < -0.3 is 0 Å². The van der Waals surface area contributed by atoms with E-state index in [4.69, 9.17) is 16.6 Å². The van der Waals surface area contributed by atoms with Gasteiger partial charge in [-0.1, -0.05) is 23.6 Å². The van der Waals surface area contributed by atoms with Gasteiger partial charge in [0.25, 0.3) is 18.3 Å². The van der Waals surface area contributed by atoms with Gasteiger partial charge in [0.2, 0.25) is 0 Å². The number of Topliss-reactive ketones (excluding diaryl/α,β-unsaturated/α-hetero) is 1. The molecule has 1 fully saturated rings. The van der Waals surface area contributed by atoms with Crippen molar-refractivity contribution in [1.82, 2.24) is 24.5 Å². The van der Waals surface area contributed by atoms with E-state index < -0.39 is 126 Å². The quantitative estimate of drug-likeness (QED) is 0.0845. The third kappa shape index (κ3) is 9.23. The summed E-state index contributed by atoms with van der Waals surface area (Å²) in [5.74, 6) is -7.43. The zero-order chi connectivity index (χ0) is 46.2. The highest BCUT2D eigenvalue weighted by Crippen LogP contribution is 2.52. The van der Waals surface area contributed by atoms with Gasteiger partial charge in [-0.25, -0.2) is 48.2 Å². The average molecular weight is 944 g/mol. The van der Waals surface area contributed by atoms with E-state index in [1.165, 1.54) is 43.8 Å². The summed E-state index contributed by atoms with van der Waals surface area (Å²) in [5.41, 5.74) is -3.99. The molecule has 0 amide bonds. The zero-order valence-electron chi connectivity index (χ0n) is 33.9. The Morgan fingerprint density at radius 1 is 0.937 bits per heavy atom. The SMILES string of the molecule is Cn1nc(CS(C)(=O)=O)c2c(Cl)ccc(-c3ccc(C#CC(C)(C)S(=O)(=O)C4CC4)nc3[C@@H](CC(=O)Cn3nc(C(F)F)c4c3C(F)(F)CCC4(F)F)Cc3cc(F)cc(F)c3)c21. The fourth-order valence-corrected chi connectivity index (χ4v) is 10.8. The maximum absolute atomic E-state index is 15.3. The number of hydrogen-bond donors (Lipinski definition) is 0. The van der Waals surface area contributed by atoms with Gasteiger partial charge in [0, 0.05) is 61.1 Å². The molecular weight excluding hydrogens is 906 g/mol. The Morgan fingerprint density at radius 2 is 1.57 bits per heavy atom. The Bertz CT molecular complexity index is 2950. The van der Waals surface area contributed by atoms with Gasteiger partial charge in [-0.05, 0) is 74.9 Å². The van der Waals surface area contributed by atoms with Crippen molar-refractivity contribution >= 4 is 48.0 Å². The molecule has 21 heteroatoms. The fourth-order valence-electron chi connectivity index (χ4n) is 8.01. The Labute approximate surface area is 361 Å². The third-order valence-corrected chi connectivity index (χ3v) is 15.0. The summed E-state index contributed by atoms with van der Waals surface area (Å²) in [6.07, 6.45) is -5.75. The number of sulfone groups is 2. The molecule has 1 saturated carbocycles. The van der Waals surface area contributed by atoms with Gasteiger partial charge in [-0.3, -0.25) is 14.2 Å². The minimum atomic E-state index is -4.11. The second kappa shape index (κ2) is 16.3. The molecule has 0 unspecified atom stereocenters. The maximum Gasteiger partial charge on any atom is 0.290 e. The van der Waals surface area contributed by atoms with Crippen LogP contribution in [0.4, 0.5) is 35.1 Å². The molecule has 3 aromatic heterocycles. The highest BCUT2D eigenvalue weighted by Gasteiger charge is 2.55. The van der Waals surface area contributed by atoms with Crippen molar-refractivity contribution in [3.8, 4) is 23.0 Å². The van der Waals surface area contributed by atoms with Crippen molar-refractivity contribution in [3.63, 3.8) is 0 Å². The molecule has 0 radical (unpaired) electrons. The summed E-state index contributed by atoms with van der Waals surface area (Å²) in [5, 5.41) is 7.58. The molecule has 0 saturated heterocycles. The van der Waals surface area contributed by atoms with Crippen LogP contribution >= 0.6 is 11.6 Å². The second-order valence-corrected chi connectivity index (χ2v) is 21.8. The lowest BCUT2D eigenvalue weighted by molar-refractivity contribution is -0.121. The van der Waals surface area contributed by atoms with Crippen LogP contribution in [0.2, 0.25) is 5.02 Å². The van der Waals surface area contributed by atoms with E-state index >= 15 is 17.6 Å². The fraction of sp³-hybridized carbons (Fsp3) is 0.429. The van der Waals surface area contributed by atoms with Gasteiger partial charge in [-0.2, -0.15) is 19.0 Å². The first-order chi connectivity index (χ1) is 29.2. The minimum absolute atomic E-state index is 0.0222. The number of benzene rings is 2. The minimum Gasteiger partial charge on any atom is -0.298 e. The van der Waals surface area contributed by atoms with Crippen molar-refractivity contribution in [2.45, 2.75) is 98.9 Å². The van der Waals surface area contributed by atoms with Gasteiger partial charge in [0.15, 0.2) is 25.5 Å².